The average Bonchev–Trinajstić information content (AvgIpc) is 2.76. The van der Waals surface area contributed by atoms with Gasteiger partial charge in [-0.05, 0) is 70.2 Å². The number of hydrogen-bond donors (Lipinski definition) is 1. The lowest BCUT2D eigenvalue weighted by Crippen LogP contribution is -2.07. The Morgan fingerprint density at radius 1 is 1.11 bits per heavy atom. The van der Waals surface area contributed by atoms with E-state index in [0.717, 1.165) is 27.5 Å². The molecule has 2 aromatic carbocycles. The third-order valence-corrected chi connectivity index (χ3v) is 4.63. The van der Waals surface area contributed by atoms with Gasteiger partial charge in [0.05, 0.1) is 11.7 Å². The molecule has 19 heavy (non-hydrogen) atoms. The first-order chi connectivity index (χ1) is 9.13. The first kappa shape index (κ1) is 13.1. The van der Waals surface area contributed by atoms with Gasteiger partial charge in [0.25, 0.3) is 0 Å². The van der Waals surface area contributed by atoms with Crippen LogP contribution in [-0.4, -0.2) is 0 Å². The molecule has 0 radical (unpaired) electrons. The SMILES string of the molecule is Fc1ccc(Br)c(NC2CCc3cc(Br)ccc32)c1. The molecular formula is C15H12Br2FN. The van der Waals surface area contributed by atoms with Crippen molar-refractivity contribution in [2.45, 2.75) is 18.9 Å². The highest BCUT2D eigenvalue weighted by atomic mass is 79.9. The molecule has 1 N–H and O–H groups in total. The van der Waals surface area contributed by atoms with Crippen LogP contribution in [-0.2, 0) is 6.42 Å². The second-order valence-corrected chi connectivity index (χ2v) is 6.47. The van der Waals surface area contributed by atoms with Crippen LogP contribution in [0.15, 0.2) is 45.3 Å². The highest BCUT2D eigenvalue weighted by molar-refractivity contribution is 9.10. The molecule has 1 nitrogen and oxygen atoms in total. The van der Waals surface area contributed by atoms with Gasteiger partial charge in [0, 0.05) is 8.95 Å². The van der Waals surface area contributed by atoms with Crippen molar-refractivity contribution in [1.82, 2.24) is 0 Å². The summed E-state index contributed by atoms with van der Waals surface area (Å²) < 4.78 is 15.3. The fourth-order valence-corrected chi connectivity index (χ4v) is 3.30. The van der Waals surface area contributed by atoms with E-state index in [-0.39, 0.29) is 11.9 Å². The Bertz CT molecular complexity index is 628. The minimum atomic E-state index is -0.222. The topological polar surface area (TPSA) is 12.0 Å². The van der Waals surface area contributed by atoms with Crippen LogP contribution in [0.25, 0.3) is 0 Å². The molecule has 0 fully saturated rings. The van der Waals surface area contributed by atoms with Crippen LogP contribution in [0.5, 0.6) is 0 Å². The van der Waals surface area contributed by atoms with Gasteiger partial charge in [-0.1, -0.05) is 22.0 Å². The molecule has 2 aromatic rings. The molecule has 0 saturated heterocycles. The van der Waals surface area contributed by atoms with Crippen molar-refractivity contribution < 1.29 is 4.39 Å². The van der Waals surface area contributed by atoms with Gasteiger partial charge in [-0.2, -0.15) is 0 Å². The number of nitrogens with one attached hydrogen (secondary N) is 1. The van der Waals surface area contributed by atoms with Gasteiger partial charge < -0.3 is 5.32 Å². The lowest BCUT2D eigenvalue weighted by Gasteiger charge is -2.17. The zero-order valence-corrected chi connectivity index (χ0v) is 13.3. The number of rotatable bonds is 2. The van der Waals surface area contributed by atoms with Gasteiger partial charge >= 0.3 is 0 Å². The molecule has 0 saturated carbocycles. The lowest BCUT2D eigenvalue weighted by molar-refractivity contribution is 0.627. The Morgan fingerprint density at radius 2 is 1.95 bits per heavy atom. The second kappa shape index (κ2) is 5.25. The van der Waals surface area contributed by atoms with Crippen LogP contribution >= 0.6 is 31.9 Å². The fourth-order valence-electron chi connectivity index (χ4n) is 2.53. The maximum Gasteiger partial charge on any atom is 0.125 e. The molecule has 4 heteroatoms. The van der Waals surface area contributed by atoms with Crippen LogP contribution in [0.3, 0.4) is 0 Å². The van der Waals surface area contributed by atoms with E-state index < -0.39 is 0 Å². The zero-order valence-electron chi connectivity index (χ0n) is 10.1. The molecule has 0 amide bonds. The Kier molecular flexibility index (Phi) is 3.63. The van der Waals surface area contributed by atoms with Gasteiger partial charge in [0.1, 0.15) is 5.82 Å². The van der Waals surface area contributed by atoms with Crippen LogP contribution in [0, 0.1) is 5.82 Å². The summed E-state index contributed by atoms with van der Waals surface area (Å²) in [4.78, 5) is 0. The smallest absolute Gasteiger partial charge is 0.125 e. The number of halogens is 3. The molecule has 1 aliphatic rings. The molecule has 0 aromatic heterocycles. The monoisotopic (exact) mass is 383 g/mol. The van der Waals surface area contributed by atoms with E-state index in [1.165, 1.54) is 23.3 Å². The molecule has 0 spiro atoms. The molecular weight excluding hydrogens is 373 g/mol. The van der Waals surface area contributed by atoms with Crippen molar-refractivity contribution in [3.05, 3.63) is 62.3 Å². The molecule has 3 rings (SSSR count). The van der Waals surface area contributed by atoms with Crippen LogP contribution < -0.4 is 5.32 Å². The third kappa shape index (κ3) is 2.70. The van der Waals surface area contributed by atoms with E-state index in [2.05, 4.69) is 55.4 Å². The molecule has 1 atom stereocenters. The first-order valence-electron chi connectivity index (χ1n) is 6.13. The normalized spacial score (nSPS) is 17.3. The molecule has 0 bridgehead atoms. The van der Waals surface area contributed by atoms with Crippen LogP contribution in [0.4, 0.5) is 10.1 Å². The Labute approximate surface area is 128 Å². The standard InChI is InChI=1S/C15H12Br2FN/c16-10-2-4-12-9(7-10)1-6-14(12)19-15-8-11(18)3-5-13(15)17/h2-5,7-8,14,19H,1,6H2. The number of benzene rings is 2. The summed E-state index contributed by atoms with van der Waals surface area (Å²) in [5.74, 6) is -0.222. The van der Waals surface area contributed by atoms with E-state index in [1.807, 2.05) is 0 Å². The second-order valence-electron chi connectivity index (χ2n) is 4.70. The number of hydrogen-bond acceptors (Lipinski definition) is 1. The summed E-state index contributed by atoms with van der Waals surface area (Å²) in [5.41, 5.74) is 3.47. The van der Waals surface area contributed by atoms with Crippen molar-refractivity contribution in [1.29, 1.82) is 0 Å². The van der Waals surface area contributed by atoms with E-state index in [9.17, 15) is 4.39 Å². The minimum absolute atomic E-state index is 0.222. The van der Waals surface area contributed by atoms with E-state index in [1.54, 1.807) is 6.07 Å². The predicted octanol–water partition coefficient (Wildman–Crippen LogP) is 5.45. The van der Waals surface area contributed by atoms with Crippen molar-refractivity contribution in [3.8, 4) is 0 Å². The van der Waals surface area contributed by atoms with E-state index >= 15 is 0 Å². The summed E-state index contributed by atoms with van der Waals surface area (Å²) in [6.45, 7) is 0. The van der Waals surface area contributed by atoms with Crippen molar-refractivity contribution >= 4 is 37.5 Å². The van der Waals surface area contributed by atoms with Crippen molar-refractivity contribution in [3.63, 3.8) is 0 Å². The summed E-state index contributed by atoms with van der Waals surface area (Å²) in [5, 5.41) is 3.42. The zero-order chi connectivity index (χ0) is 13.4. The molecule has 0 aliphatic heterocycles. The lowest BCUT2D eigenvalue weighted by atomic mass is 10.1. The van der Waals surface area contributed by atoms with E-state index in [4.69, 9.17) is 0 Å². The van der Waals surface area contributed by atoms with Gasteiger partial charge in [-0.3, -0.25) is 0 Å². The van der Waals surface area contributed by atoms with Gasteiger partial charge in [0.15, 0.2) is 0 Å². The van der Waals surface area contributed by atoms with Gasteiger partial charge in [0.2, 0.25) is 0 Å². The van der Waals surface area contributed by atoms with Crippen molar-refractivity contribution in [2.24, 2.45) is 0 Å². The molecule has 1 unspecified atom stereocenters. The maximum absolute atomic E-state index is 13.3. The highest BCUT2D eigenvalue weighted by Crippen LogP contribution is 2.37. The third-order valence-electron chi connectivity index (χ3n) is 3.44. The molecule has 98 valence electrons. The van der Waals surface area contributed by atoms with E-state index in [0.29, 0.717) is 0 Å². The quantitative estimate of drug-likeness (QED) is 0.725. The largest absolute Gasteiger partial charge is 0.377 e. The number of fused-ring (bicyclic) bond motifs is 1. The minimum Gasteiger partial charge on any atom is -0.377 e. The summed E-state index contributed by atoms with van der Waals surface area (Å²) in [6.07, 6.45) is 2.09. The fraction of sp³-hybridized carbons (Fsp3) is 0.200. The van der Waals surface area contributed by atoms with Crippen LogP contribution in [0.2, 0.25) is 0 Å². The number of anilines is 1. The predicted molar refractivity (Wildman–Crippen MR) is 82.9 cm³/mol. The van der Waals surface area contributed by atoms with Gasteiger partial charge in [-0.25, -0.2) is 4.39 Å². The van der Waals surface area contributed by atoms with Crippen LogP contribution in [0.1, 0.15) is 23.6 Å². The Morgan fingerprint density at radius 3 is 2.79 bits per heavy atom. The Balaban J connectivity index is 1.88. The Hall–Kier alpha value is -0.870. The molecule has 0 heterocycles. The maximum atomic E-state index is 13.3. The van der Waals surface area contributed by atoms with Crippen molar-refractivity contribution in [2.75, 3.05) is 5.32 Å². The summed E-state index contributed by atoms with van der Waals surface area (Å²) in [7, 11) is 0. The van der Waals surface area contributed by atoms with Gasteiger partial charge in [-0.15, -0.1) is 0 Å². The summed E-state index contributed by atoms with van der Waals surface area (Å²) in [6, 6.07) is 11.3. The average molecular weight is 385 g/mol. The molecule has 1 aliphatic carbocycles. The summed E-state index contributed by atoms with van der Waals surface area (Å²) >= 11 is 6.95. The first-order valence-corrected chi connectivity index (χ1v) is 7.72. The number of aryl methyl sites for hydroxylation is 1. The highest BCUT2D eigenvalue weighted by Gasteiger charge is 2.22.